The maximum absolute atomic E-state index is 13.5. The SMILES string of the molecule is Cc1cc(Cn2ccnc2)n(-c2ccc(F)cc2C(C)O)n1. The zero-order valence-electron chi connectivity index (χ0n) is 12.4. The third-order valence-corrected chi connectivity index (χ3v) is 3.48. The molecule has 0 aliphatic heterocycles. The van der Waals surface area contributed by atoms with Crippen molar-refractivity contribution in [3.05, 3.63) is 65.8 Å². The Morgan fingerprint density at radius 1 is 1.32 bits per heavy atom. The van der Waals surface area contributed by atoms with E-state index in [1.54, 1.807) is 30.2 Å². The van der Waals surface area contributed by atoms with Gasteiger partial charge >= 0.3 is 0 Å². The fourth-order valence-electron chi connectivity index (χ4n) is 2.49. The Morgan fingerprint density at radius 3 is 2.82 bits per heavy atom. The predicted octanol–water partition coefficient (Wildman–Crippen LogP) is 2.62. The first-order valence-corrected chi connectivity index (χ1v) is 7.04. The molecule has 0 saturated heterocycles. The van der Waals surface area contributed by atoms with Crippen molar-refractivity contribution in [2.75, 3.05) is 0 Å². The van der Waals surface area contributed by atoms with Crippen molar-refractivity contribution in [1.29, 1.82) is 0 Å². The first kappa shape index (κ1) is 14.5. The van der Waals surface area contributed by atoms with Gasteiger partial charge in [-0.1, -0.05) is 0 Å². The Balaban J connectivity index is 2.09. The summed E-state index contributed by atoms with van der Waals surface area (Å²) in [7, 11) is 0. The summed E-state index contributed by atoms with van der Waals surface area (Å²) in [6, 6.07) is 6.33. The lowest BCUT2D eigenvalue weighted by molar-refractivity contribution is 0.198. The number of aliphatic hydroxyl groups excluding tert-OH is 1. The molecule has 22 heavy (non-hydrogen) atoms. The van der Waals surface area contributed by atoms with Crippen molar-refractivity contribution in [3.63, 3.8) is 0 Å². The Hall–Kier alpha value is -2.47. The van der Waals surface area contributed by atoms with E-state index in [2.05, 4.69) is 10.1 Å². The van der Waals surface area contributed by atoms with Crippen LogP contribution in [-0.4, -0.2) is 24.4 Å². The number of benzene rings is 1. The monoisotopic (exact) mass is 300 g/mol. The number of aliphatic hydroxyl groups is 1. The van der Waals surface area contributed by atoms with E-state index in [0.29, 0.717) is 17.8 Å². The van der Waals surface area contributed by atoms with Crippen LogP contribution in [0.4, 0.5) is 4.39 Å². The van der Waals surface area contributed by atoms with Crippen LogP contribution in [0.15, 0.2) is 43.0 Å². The van der Waals surface area contributed by atoms with Gasteiger partial charge in [-0.3, -0.25) is 0 Å². The number of hydrogen-bond donors (Lipinski definition) is 1. The summed E-state index contributed by atoms with van der Waals surface area (Å²) in [6.45, 7) is 4.11. The van der Waals surface area contributed by atoms with Crippen LogP contribution in [-0.2, 0) is 6.54 Å². The Bertz CT molecular complexity index is 778. The van der Waals surface area contributed by atoms with Gasteiger partial charge in [0, 0.05) is 18.0 Å². The molecule has 0 spiro atoms. The van der Waals surface area contributed by atoms with E-state index < -0.39 is 6.10 Å². The number of aryl methyl sites for hydroxylation is 1. The van der Waals surface area contributed by atoms with Crippen LogP contribution in [0.3, 0.4) is 0 Å². The van der Waals surface area contributed by atoms with Gasteiger partial charge in [-0.2, -0.15) is 5.10 Å². The number of nitrogens with zero attached hydrogens (tertiary/aromatic N) is 4. The van der Waals surface area contributed by atoms with Gasteiger partial charge in [0.2, 0.25) is 0 Å². The largest absolute Gasteiger partial charge is 0.389 e. The molecule has 1 atom stereocenters. The molecule has 3 aromatic rings. The summed E-state index contributed by atoms with van der Waals surface area (Å²) in [5.41, 5.74) is 2.98. The summed E-state index contributed by atoms with van der Waals surface area (Å²) in [6.07, 6.45) is 4.53. The van der Waals surface area contributed by atoms with Crippen molar-refractivity contribution in [2.24, 2.45) is 0 Å². The molecular formula is C16H17FN4O. The molecule has 0 radical (unpaired) electrons. The van der Waals surface area contributed by atoms with Crippen molar-refractivity contribution in [3.8, 4) is 5.69 Å². The van der Waals surface area contributed by atoms with Gasteiger partial charge in [-0.05, 0) is 38.1 Å². The van der Waals surface area contributed by atoms with E-state index >= 15 is 0 Å². The molecule has 114 valence electrons. The first-order valence-electron chi connectivity index (χ1n) is 7.04. The zero-order chi connectivity index (χ0) is 15.7. The molecule has 1 N–H and O–H groups in total. The summed E-state index contributed by atoms with van der Waals surface area (Å²) < 4.78 is 17.2. The summed E-state index contributed by atoms with van der Waals surface area (Å²) in [5, 5.41) is 14.4. The average molecular weight is 300 g/mol. The third kappa shape index (κ3) is 2.78. The molecule has 1 aromatic carbocycles. The summed E-state index contributed by atoms with van der Waals surface area (Å²) in [4.78, 5) is 4.03. The Morgan fingerprint density at radius 2 is 2.14 bits per heavy atom. The van der Waals surface area contributed by atoms with E-state index in [0.717, 1.165) is 11.4 Å². The number of hydrogen-bond acceptors (Lipinski definition) is 3. The number of halogens is 1. The molecule has 6 heteroatoms. The van der Waals surface area contributed by atoms with E-state index in [9.17, 15) is 9.50 Å². The van der Waals surface area contributed by atoms with E-state index in [1.807, 2.05) is 23.8 Å². The van der Waals surface area contributed by atoms with Gasteiger partial charge in [0.1, 0.15) is 5.82 Å². The second-order valence-corrected chi connectivity index (χ2v) is 5.30. The molecule has 0 bridgehead atoms. The van der Waals surface area contributed by atoms with Gasteiger partial charge in [0.05, 0.1) is 36.1 Å². The minimum absolute atomic E-state index is 0.375. The van der Waals surface area contributed by atoms with Crippen LogP contribution in [0.1, 0.15) is 30.0 Å². The van der Waals surface area contributed by atoms with Crippen LogP contribution in [0, 0.1) is 12.7 Å². The van der Waals surface area contributed by atoms with Gasteiger partial charge in [-0.25, -0.2) is 14.1 Å². The Kier molecular flexibility index (Phi) is 3.77. The van der Waals surface area contributed by atoms with Crippen LogP contribution in [0.2, 0.25) is 0 Å². The second-order valence-electron chi connectivity index (χ2n) is 5.30. The van der Waals surface area contributed by atoms with Crippen LogP contribution < -0.4 is 0 Å². The lowest BCUT2D eigenvalue weighted by atomic mass is 10.1. The van der Waals surface area contributed by atoms with Crippen LogP contribution in [0.25, 0.3) is 5.69 Å². The molecule has 5 nitrogen and oxygen atoms in total. The molecule has 3 rings (SSSR count). The normalized spacial score (nSPS) is 12.5. The Labute approximate surface area is 127 Å². The highest BCUT2D eigenvalue weighted by Crippen LogP contribution is 2.24. The zero-order valence-corrected chi connectivity index (χ0v) is 12.4. The predicted molar refractivity (Wildman–Crippen MR) is 80.2 cm³/mol. The number of aromatic nitrogens is 4. The smallest absolute Gasteiger partial charge is 0.123 e. The average Bonchev–Trinajstić information content (AvgIpc) is 3.09. The van der Waals surface area contributed by atoms with Crippen molar-refractivity contribution in [2.45, 2.75) is 26.5 Å². The molecule has 0 amide bonds. The van der Waals surface area contributed by atoms with Crippen molar-refractivity contribution in [1.82, 2.24) is 19.3 Å². The topological polar surface area (TPSA) is 55.9 Å². The molecular weight excluding hydrogens is 283 g/mol. The molecule has 1 unspecified atom stereocenters. The molecule has 0 saturated carbocycles. The summed E-state index contributed by atoms with van der Waals surface area (Å²) >= 11 is 0. The maximum atomic E-state index is 13.5. The highest BCUT2D eigenvalue weighted by Gasteiger charge is 2.15. The standard InChI is InChI=1S/C16H17FN4O/c1-11-7-14(9-20-6-5-18-10-20)21(19-11)16-4-3-13(17)8-15(16)12(2)22/h3-8,10,12,22H,9H2,1-2H3. The highest BCUT2D eigenvalue weighted by atomic mass is 19.1. The maximum Gasteiger partial charge on any atom is 0.123 e. The van der Waals surface area contributed by atoms with Gasteiger partial charge in [0.25, 0.3) is 0 Å². The quantitative estimate of drug-likeness (QED) is 0.806. The second kappa shape index (κ2) is 5.73. The number of rotatable bonds is 4. The fraction of sp³-hybridized carbons (Fsp3) is 0.250. The molecule has 0 aliphatic carbocycles. The molecule has 2 aromatic heterocycles. The minimum Gasteiger partial charge on any atom is -0.389 e. The first-order chi connectivity index (χ1) is 10.5. The van der Waals surface area contributed by atoms with Crippen molar-refractivity contribution >= 4 is 0 Å². The lowest BCUT2D eigenvalue weighted by Crippen LogP contribution is -2.10. The van der Waals surface area contributed by atoms with Crippen molar-refractivity contribution < 1.29 is 9.50 Å². The highest BCUT2D eigenvalue weighted by molar-refractivity contribution is 5.43. The van der Waals surface area contributed by atoms with Gasteiger partial charge in [-0.15, -0.1) is 0 Å². The number of imidazole rings is 1. The molecule has 0 aliphatic rings. The van der Waals surface area contributed by atoms with E-state index in [-0.39, 0.29) is 5.82 Å². The van der Waals surface area contributed by atoms with Gasteiger partial charge < -0.3 is 9.67 Å². The third-order valence-electron chi connectivity index (χ3n) is 3.48. The van der Waals surface area contributed by atoms with Crippen LogP contribution in [0.5, 0.6) is 0 Å². The van der Waals surface area contributed by atoms with Crippen LogP contribution >= 0.6 is 0 Å². The molecule has 2 heterocycles. The molecule has 0 fully saturated rings. The van der Waals surface area contributed by atoms with E-state index in [1.165, 1.54) is 12.1 Å². The minimum atomic E-state index is -0.781. The van der Waals surface area contributed by atoms with Gasteiger partial charge in [0.15, 0.2) is 0 Å². The fourth-order valence-corrected chi connectivity index (χ4v) is 2.49. The summed E-state index contributed by atoms with van der Waals surface area (Å²) in [5.74, 6) is -0.375. The van der Waals surface area contributed by atoms with E-state index in [4.69, 9.17) is 0 Å². The lowest BCUT2D eigenvalue weighted by Gasteiger charge is -2.15.